The molecule has 0 aromatic rings. The van der Waals surface area contributed by atoms with Crippen molar-refractivity contribution in [1.29, 1.82) is 0 Å². The van der Waals surface area contributed by atoms with Gasteiger partial charge >= 0.3 is 0 Å². The fourth-order valence-corrected chi connectivity index (χ4v) is 2.89. The van der Waals surface area contributed by atoms with Gasteiger partial charge in [-0.15, -0.1) is 6.42 Å². The van der Waals surface area contributed by atoms with E-state index in [0.717, 1.165) is 0 Å². The van der Waals surface area contributed by atoms with Crippen LogP contribution >= 0.6 is 7.92 Å². The standard InChI is InChI=1S/C70H7P/c1-4-7-10-13-16-19-22-25-28-31-34-37-40-43-46-49-52-55-58-61-64-67-70-71(68-65-62-59-56-53-50-47-44-41-38-35-32-29-26-23-20-17-14-11-8-5-2)69-66-63-60-57-54-51-48-45-42-39-36-33-30-27-24-21-18-15-12-9-6-3/h1H,2-3H3. The highest BCUT2D eigenvalue weighted by atomic mass is 31.1. The molecule has 1 heteroatoms. The molecule has 0 bridgehead atoms. The second-order valence-corrected chi connectivity index (χ2v) is 10.3. The van der Waals surface area contributed by atoms with E-state index >= 15 is 0 Å². The molecule has 292 valence electrons. The molecule has 0 rings (SSSR count). The van der Waals surface area contributed by atoms with Gasteiger partial charge in [-0.25, -0.2) is 0 Å². The number of hydrogen-bond donors (Lipinski definition) is 0. The quantitative estimate of drug-likeness (QED) is 0.259. The normalized spacial score (nSPS) is 4.25. The number of hydrogen-bond acceptors (Lipinski definition) is 0. The maximum atomic E-state index is 4.97. The van der Waals surface area contributed by atoms with Crippen LogP contribution < -0.4 is 0 Å². The molecule has 0 atom stereocenters. The topological polar surface area (TPSA) is 0 Å². The molecule has 0 spiro atoms. The van der Waals surface area contributed by atoms with E-state index in [2.05, 4.69) is 396 Å². The van der Waals surface area contributed by atoms with Crippen LogP contribution in [0, 0.1) is 402 Å². The third-order valence-corrected chi connectivity index (χ3v) is 5.46. The zero-order chi connectivity index (χ0) is 51.0. The molecular weight excluding hydrogens is 872 g/mol. The highest BCUT2D eigenvalue weighted by Gasteiger charge is 1.91. The van der Waals surface area contributed by atoms with Crippen LogP contribution in [0.4, 0.5) is 0 Å². The van der Waals surface area contributed by atoms with Gasteiger partial charge in [0.15, 0.2) is 0 Å². The van der Waals surface area contributed by atoms with Crippen molar-refractivity contribution >= 4 is 7.92 Å². The Bertz CT molecular complexity index is 4380. The van der Waals surface area contributed by atoms with E-state index in [9.17, 15) is 0 Å². The van der Waals surface area contributed by atoms with Crippen LogP contribution in [0.25, 0.3) is 0 Å². The van der Waals surface area contributed by atoms with Gasteiger partial charge in [0.1, 0.15) is 7.92 Å². The summed E-state index contributed by atoms with van der Waals surface area (Å²) in [5, 5.41) is 0. The largest absolute Gasteiger partial charge is 0.130 e. The predicted molar refractivity (Wildman–Crippen MR) is 284 cm³/mol. The summed E-state index contributed by atoms with van der Waals surface area (Å²) in [6.07, 6.45) is 4.97. The molecule has 0 fully saturated rings. The van der Waals surface area contributed by atoms with Gasteiger partial charge in [-0.3, -0.25) is 0 Å². The monoisotopic (exact) mass is 878 g/mol. The van der Waals surface area contributed by atoms with Gasteiger partial charge in [-0.2, -0.15) is 0 Å². The van der Waals surface area contributed by atoms with Crippen LogP contribution in [0.5, 0.6) is 0 Å². The summed E-state index contributed by atoms with van der Waals surface area (Å²) in [7, 11) is -1.51. The summed E-state index contributed by atoms with van der Waals surface area (Å²) in [6.45, 7) is 3.36. The Morgan fingerprint density at radius 3 is 0.394 bits per heavy atom. The lowest BCUT2D eigenvalue weighted by atomic mass is 10.4. The number of terminal acetylenes is 1. The molecule has 0 saturated heterocycles. The highest BCUT2D eigenvalue weighted by molar-refractivity contribution is 7.72. The fourth-order valence-electron chi connectivity index (χ4n) is 2.22. The molecular formula is C70H7P. The smallest absolute Gasteiger partial charge is 0.106 e. The zero-order valence-corrected chi connectivity index (χ0v) is 37.4. The lowest BCUT2D eigenvalue weighted by Gasteiger charge is -1.84. The minimum atomic E-state index is -1.51. The third-order valence-electron chi connectivity index (χ3n) is 4.45. The first-order chi connectivity index (χ1) is 35.3. The van der Waals surface area contributed by atoms with Gasteiger partial charge in [0.25, 0.3) is 0 Å². The molecule has 0 N–H and O–H groups in total. The maximum Gasteiger partial charge on any atom is 0.130 e. The van der Waals surface area contributed by atoms with Gasteiger partial charge in [0.05, 0.1) is 0 Å². The minimum absolute atomic E-state index is 1.51. The molecule has 0 aromatic carbocycles. The van der Waals surface area contributed by atoms with Gasteiger partial charge in [0, 0.05) is 82.9 Å². The average molecular weight is 879 g/mol. The van der Waals surface area contributed by atoms with Crippen molar-refractivity contribution in [2.24, 2.45) is 0 Å². The molecule has 0 aliphatic rings. The summed E-state index contributed by atoms with van der Waals surface area (Å²) in [5.41, 5.74) is 8.57. The maximum absolute atomic E-state index is 4.97. The van der Waals surface area contributed by atoms with Gasteiger partial charge in [0.2, 0.25) is 0 Å². The van der Waals surface area contributed by atoms with Crippen molar-refractivity contribution in [3.05, 3.63) is 0 Å². The first kappa shape index (κ1) is 56.5. The Morgan fingerprint density at radius 1 is 0.155 bits per heavy atom. The van der Waals surface area contributed by atoms with E-state index in [1.807, 2.05) is 0 Å². The van der Waals surface area contributed by atoms with Crippen LogP contribution in [0.3, 0.4) is 0 Å². The Hall–Kier alpha value is -14.5. The summed E-state index contributed by atoms with van der Waals surface area (Å²) in [5.74, 6) is 161. The fraction of sp³-hybridized carbons (Fsp3) is 0.0286. The third kappa shape index (κ3) is 51.5. The Labute approximate surface area is 421 Å². The second-order valence-electron chi connectivity index (χ2n) is 8.94. The van der Waals surface area contributed by atoms with Crippen LogP contribution in [0.2, 0.25) is 0 Å². The van der Waals surface area contributed by atoms with E-state index in [-0.39, 0.29) is 0 Å². The number of rotatable bonds is 0. The van der Waals surface area contributed by atoms with E-state index in [0.29, 0.717) is 0 Å². The van der Waals surface area contributed by atoms with Crippen LogP contribution in [-0.4, -0.2) is 0 Å². The van der Waals surface area contributed by atoms with Crippen molar-refractivity contribution in [2.75, 3.05) is 0 Å². The van der Waals surface area contributed by atoms with E-state index in [1.54, 1.807) is 13.8 Å². The Morgan fingerprint density at radius 2 is 0.268 bits per heavy atom. The van der Waals surface area contributed by atoms with Crippen LogP contribution in [-0.2, 0) is 0 Å². The molecule has 0 aliphatic heterocycles. The molecule has 0 amide bonds. The first-order valence-corrected chi connectivity index (χ1v) is 19.3. The summed E-state index contributed by atoms with van der Waals surface area (Å²) < 4.78 is 0. The molecule has 71 heavy (non-hydrogen) atoms. The Kier molecular flexibility index (Phi) is 42.5. The second kappa shape index (κ2) is 53.5. The molecule has 0 saturated carbocycles. The zero-order valence-electron chi connectivity index (χ0n) is 36.5. The van der Waals surface area contributed by atoms with E-state index in [4.69, 9.17) is 6.42 Å². The van der Waals surface area contributed by atoms with Gasteiger partial charge < -0.3 is 0 Å². The minimum Gasteiger partial charge on any atom is -0.106 e. The van der Waals surface area contributed by atoms with Gasteiger partial charge in [-0.1, -0.05) is 11.8 Å². The predicted octanol–water partition coefficient (Wildman–Crippen LogP) is 2.13. The van der Waals surface area contributed by atoms with E-state index < -0.39 is 7.92 Å². The first-order valence-electron chi connectivity index (χ1n) is 18.0. The Balaban J connectivity index is 5.85. The van der Waals surface area contributed by atoms with Crippen molar-refractivity contribution in [3.63, 3.8) is 0 Å². The lowest BCUT2D eigenvalue weighted by molar-refractivity contribution is 1.92. The molecule has 0 heterocycles. The van der Waals surface area contributed by atoms with Crippen molar-refractivity contribution in [3.8, 4) is 402 Å². The summed E-state index contributed by atoms with van der Waals surface area (Å²) in [4.78, 5) is 0. The molecule has 0 radical (unpaired) electrons. The van der Waals surface area contributed by atoms with Crippen molar-refractivity contribution < 1.29 is 0 Å². The highest BCUT2D eigenvalue weighted by Crippen LogP contribution is 2.29. The van der Waals surface area contributed by atoms with Crippen molar-refractivity contribution in [1.82, 2.24) is 0 Å². The SMILES string of the molecule is C#CC#CC#CC#CC#CC#CC#CC#CC#CC#CC#CC#CP(C#CC#CC#CC#CC#CC#CC#CC#CC#CC#CC#CC)C#CC#CC#CC#CC#CC#CC#CC#CC#CC#CC#CC. The molecule has 0 unspecified atom stereocenters. The molecule has 0 nitrogen and oxygen atoms in total. The van der Waals surface area contributed by atoms with Gasteiger partial charge in [-0.05, 0) is 315 Å². The average Bonchev–Trinajstić information content (AvgIpc) is 3.38. The van der Waals surface area contributed by atoms with Crippen LogP contribution in [0.15, 0.2) is 0 Å². The summed E-state index contributed by atoms with van der Waals surface area (Å²) in [6, 6.07) is 0. The summed E-state index contributed by atoms with van der Waals surface area (Å²) >= 11 is 0. The van der Waals surface area contributed by atoms with Crippen molar-refractivity contribution in [2.45, 2.75) is 13.8 Å². The van der Waals surface area contributed by atoms with E-state index in [1.165, 1.54) is 0 Å². The van der Waals surface area contributed by atoms with Crippen LogP contribution in [0.1, 0.15) is 13.8 Å². The molecule has 0 aliphatic carbocycles. The lowest BCUT2D eigenvalue weighted by Crippen LogP contribution is -1.62. The molecule has 0 aromatic heterocycles.